The minimum Gasteiger partial charge on any atom is -0.622 e. The molecular weight excluding hydrogens is 284 g/mol. The summed E-state index contributed by atoms with van der Waals surface area (Å²) in [6, 6.07) is 0. The Kier molecular flexibility index (Phi) is 4.66. The Morgan fingerprint density at radius 3 is 2.95 bits per heavy atom. The average Bonchev–Trinajstić information content (AvgIpc) is 2.93. The molecule has 2 rings (SSSR count). The van der Waals surface area contributed by atoms with Crippen molar-refractivity contribution in [2.45, 2.75) is 19.6 Å². The van der Waals surface area contributed by atoms with E-state index in [1.807, 2.05) is 11.9 Å². The molecule has 1 aliphatic rings. The van der Waals surface area contributed by atoms with Crippen molar-refractivity contribution in [2.24, 2.45) is 0 Å². The molecule has 0 aliphatic carbocycles. The third-order valence-corrected chi connectivity index (χ3v) is 3.95. The fourth-order valence-electron chi connectivity index (χ4n) is 2.05. The second kappa shape index (κ2) is 6.10. The molecule has 0 radical (unpaired) electrons. The number of rotatable bonds is 5. The second-order valence-electron chi connectivity index (χ2n) is 4.77. The monoisotopic (exact) mass is 302 g/mol. The smallest absolute Gasteiger partial charge is 0.312 e. The Morgan fingerprint density at radius 2 is 2.35 bits per heavy atom. The van der Waals surface area contributed by atoms with Crippen LogP contribution >= 0.6 is 11.3 Å². The van der Waals surface area contributed by atoms with Crippen molar-refractivity contribution in [1.82, 2.24) is 19.7 Å². The molecule has 2 atom stereocenters. The first kappa shape index (κ1) is 15.3. The maximum Gasteiger partial charge on any atom is 0.312 e. The summed E-state index contributed by atoms with van der Waals surface area (Å²) in [5, 5.41) is 21.8. The van der Waals surface area contributed by atoms with Gasteiger partial charge in [0.1, 0.15) is 11.7 Å². The van der Waals surface area contributed by atoms with E-state index >= 15 is 0 Å². The van der Waals surface area contributed by atoms with Crippen molar-refractivity contribution in [3.8, 4) is 0 Å². The molecule has 20 heavy (non-hydrogen) atoms. The molecule has 9 heteroatoms. The number of hydrogen-bond donors (Lipinski definition) is 0. The molecule has 1 aliphatic heterocycles. The van der Waals surface area contributed by atoms with Gasteiger partial charge in [-0.15, -0.1) is 5.10 Å². The molecule has 0 amide bonds. The van der Waals surface area contributed by atoms with Gasteiger partial charge >= 0.3 is 11.1 Å². The summed E-state index contributed by atoms with van der Waals surface area (Å²) in [6.45, 7) is 2.63. The van der Waals surface area contributed by atoms with Crippen molar-refractivity contribution < 1.29 is 14.3 Å². The number of esters is 1. The van der Waals surface area contributed by atoms with Gasteiger partial charge in [0.25, 0.3) is 6.23 Å². The number of nitrogens with zero attached hydrogens (tertiary/aromatic N) is 4. The lowest BCUT2D eigenvalue weighted by Crippen LogP contribution is -2.50. The number of likely N-dealkylation sites (N-methyl/N-ethyl adjacent to an activating group) is 1. The Bertz CT molecular complexity index is 483. The lowest BCUT2D eigenvalue weighted by atomic mass is 10.4. The first-order valence-electron chi connectivity index (χ1n) is 6.22. The highest BCUT2D eigenvalue weighted by atomic mass is 32.1. The van der Waals surface area contributed by atoms with Crippen LogP contribution in [0.4, 0.5) is 5.13 Å². The van der Waals surface area contributed by atoms with Gasteiger partial charge < -0.3 is 14.7 Å². The van der Waals surface area contributed by atoms with E-state index in [1.54, 1.807) is 6.92 Å². The minimum atomic E-state index is -0.809. The first-order valence-corrected chi connectivity index (χ1v) is 7.03. The van der Waals surface area contributed by atoms with Gasteiger partial charge in [-0.1, -0.05) is 5.10 Å². The quantitative estimate of drug-likeness (QED) is 0.443. The van der Waals surface area contributed by atoms with Crippen LogP contribution in [-0.2, 0) is 14.3 Å². The zero-order valence-corrected chi connectivity index (χ0v) is 12.6. The molecule has 0 aromatic carbocycles. The van der Waals surface area contributed by atoms with Gasteiger partial charge in [-0.3, -0.25) is 9.44 Å². The van der Waals surface area contributed by atoms with Gasteiger partial charge in [0.05, 0.1) is 19.6 Å². The standard InChI is InChI=1S/C11H18N4O4S/c1-8-12-13-11(20-8)15(17)7-14(2)6-9(15)19-10(16)4-5-18-3/h9H,4-7H2,1-3H3. The molecule has 112 valence electrons. The largest absolute Gasteiger partial charge is 0.622 e. The van der Waals surface area contributed by atoms with Gasteiger partial charge in [-0.05, 0) is 25.3 Å². The summed E-state index contributed by atoms with van der Waals surface area (Å²) in [6.07, 6.45) is -0.678. The van der Waals surface area contributed by atoms with Gasteiger partial charge in [0.2, 0.25) is 0 Å². The van der Waals surface area contributed by atoms with Crippen LogP contribution in [0.3, 0.4) is 0 Å². The Hall–Kier alpha value is -1.13. The van der Waals surface area contributed by atoms with Crippen LogP contribution in [0.2, 0.25) is 0 Å². The van der Waals surface area contributed by atoms with E-state index in [1.165, 1.54) is 18.4 Å². The Balaban J connectivity index is 2.12. The maximum absolute atomic E-state index is 13.0. The zero-order chi connectivity index (χ0) is 14.8. The molecule has 0 spiro atoms. The number of carbonyl (C=O) groups is 1. The van der Waals surface area contributed by atoms with E-state index in [2.05, 4.69) is 10.2 Å². The molecule has 0 N–H and O–H groups in total. The maximum atomic E-state index is 13.0. The molecule has 8 nitrogen and oxygen atoms in total. The van der Waals surface area contributed by atoms with E-state index in [4.69, 9.17) is 9.47 Å². The fraction of sp³-hybridized carbons (Fsp3) is 0.727. The number of hydrogen-bond acceptors (Lipinski definition) is 8. The highest BCUT2D eigenvalue weighted by Crippen LogP contribution is 2.33. The van der Waals surface area contributed by atoms with E-state index in [0.717, 1.165) is 0 Å². The summed E-state index contributed by atoms with van der Waals surface area (Å²) in [4.78, 5) is 13.5. The predicted molar refractivity (Wildman–Crippen MR) is 73.7 cm³/mol. The summed E-state index contributed by atoms with van der Waals surface area (Å²) in [5.41, 5.74) is 0. The Morgan fingerprint density at radius 1 is 1.60 bits per heavy atom. The van der Waals surface area contributed by atoms with E-state index in [9.17, 15) is 10.0 Å². The summed E-state index contributed by atoms with van der Waals surface area (Å²) >= 11 is 1.23. The van der Waals surface area contributed by atoms with E-state index in [0.29, 0.717) is 16.7 Å². The van der Waals surface area contributed by atoms with Crippen molar-refractivity contribution >= 4 is 22.4 Å². The predicted octanol–water partition coefficient (Wildman–Crippen LogP) is 0.460. The SMILES string of the molecule is COCCC(=O)OC1CN(C)C[N+]1([O-])c1nnc(C)s1. The average molecular weight is 302 g/mol. The molecule has 1 fully saturated rings. The number of hydroxylamine groups is 2. The molecule has 2 heterocycles. The third kappa shape index (κ3) is 3.13. The molecule has 0 bridgehead atoms. The highest BCUT2D eigenvalue weighted by molar-refractivity contribution is 7.15. The molecule has 1 saturated heterocycles. The van der Waals surface area contributed by atoms with Crippen molar-refractivity contribution in [2.75, 3.05) is 34.0 Å². The number of carbonyl (C=O) groups excluding carboxylic acids is 1. The molecule has 1 aromatic heterocycles. The van der Waals surface area contributed by atoms with Crippen LogP contribution in [0, 0.1) is 12.1 Å². The molecule has 1 aromatic rings. The summed E-state index contributed by atoms with van der Waals surface area (Å²) in [7, 11) is 3.32. The normalized spacial score (nSPS) is 26.9. The van der Waals surface area contributed by atoms with Crippen molar-refractivity contribution in [3.05, 3.63) is 10.2 Å². The zero-order valence-electron chi connectivity index (χ0n) is 11.7. The molecule has 2 unspecified atom stereocenters. The van der Waals surface area contributed by atoms with Gasteiger partial charge in [0, 0.05) is 7.11 Å². The number of ether oxygens (including phenoxy) is 2. The van der Waals surface area contributed by atoms with Crippen LogP contribution in [0.1, 0.15) is 11.4 Å². The fourth-order valence-corrected chi connectivity index (χ4v) is 2.80. The summed E-state index contributed by atoms with van der Waals surface area (Å²) in [5.74, 6) is -0.438. The molecule has 0 saturated carbocycles. The summed E-state index contributed by atoms with van der Waals surface area (Å²) < 4.78 is 9.33. The second-order valence-corrected chi connectivity index (χ2v) is 5.93. The van der Waals surface area contributed by atoms with Crippen LogP contribution in [0.25, 0.3) is 0 Å². The van der Waals surface area contributed by atoms with Crippen molar-refractivity contribution in [3.63, 3.8) is 0 Å². The number of methoxy groups -OCH3 is 1. The lowest BCUT2D eigenvalue weighted by Gasteiger charge is -2.38. The first-order chi connectivity index (χ1) is 9.45. The number of aromatic nitrogens is 2. The lowest BCUT2D eigenvalue weighted by molar-refractivity contribution is -0.154. The van der Waals surface area contributed by atoms with Crippen molar-refractivity contribution in [1.29, 1.82) is 0 Å². The molecular formula is C11H18N4O4S. The minimum absolute atomic E-state index is 0.131. The van der Waals surface area contributed by atoms with Gasteiger partial charge in [-0.25, -0.2) is 4.90 Å². The topological polar surface area (TPSA) is 87.6 Å². The third-order valence-electron chi connectivity index (χ3n) is 3.00. The van der Waals surface area contributed by atoms with Gasteiger partial charge in [-0.2, -0.15) is 0 Å². The Labute approximate surface area is 121 Å². The van der Waals surface area contributed by atoms with Crippen LogP contribution in [-0.4, -0.2) is 61.3 Å². The number of aryl methyl sites for hydroxylation is 1. The number of quaternary nitrogens is 1. The van der Waals surface area contributed by atoms with Crippen LogP contribution in [0.15, 0.2) is 0 Å². The highest BCUT2D eigenvalue weighted by Gasteiger charge is 2.45. The van der Waals surface area contributed by atoms with Crippen LogP contribution in [0.5, 0.6) is 0 Å². The van der Waals surface area contributed by atoms with E-state index < -0.39 is 16.8 Å². The van der Waals surface area contributed by atoms with E-state index in [-0.39, 0.29) is 19.7 Å². The van der Waals surface area contributed by atoms with Gasteiger partial charge in [0.15, 0.2) is 0 Å². The van der Waals surface area contributed by atoms with Crippen LogP contribution < -0.4 is 4.65 Å².